The van der Waals surface area contributed by atoms with Gasteiger partial charge in [-0.25, -0.2) is 0 Å². The average molecular weight is 288 g/mol. The zero-order valence-electron chi connectivity index (χ0n) is 13.5. The molecule has 1 fully saturated rings. The van der Waals surface area contributed by atoms with E-state index in [1.165, 1.54) is 11.1 Å². The standard InChI is InChI=1S/C18H28N2O/c1-13(2)11-15-6-8-16(9-7-15)14(3)20-18(21)17-5-4-10-19-12-17/h6-9,13-14,17,19H,4-5,10-12H2,1-3H3,(H,20,21)/t14?,17-/m1/s1. The summed E-state index contributed by atoms with van der Waals surface area (Å²) in [7, 11) is 0. The van der Waals surface area contributed by atoms with Crippen molar-refractivity contribution in [2.24, 2.45) is 11.8 Å². The van der Waals surface area contributed by atoms with Crippen LogP contribution in [0.25, 0.3) is 0 Å². The van der Waals surface area contributed by atoms with Crippen LogP contribution < -0.4 is 10.6 Å². The van der Waals surface area contributed by atoms with E-state index >= 15 is 0 Å². The molecule has 0 spiro atoms. The molecule has 0 bridgehead atoms. The van der Waals surface area contributed by atoms with Gasteiger partial charge >= 0.3 is 0 Å². The molecule has 0 aliphatic carbocycles. The Labute approximate surface area is 128 Å². The van der Waals surface area contributed by atoms with E-state index in [-0.39, 0.29) is 17.9 Å². The first kappa shape index (κ1) is 16.0. The van der Waals surface area contributed by atoms with Crippen LogP contribution in [0.5, 0.6) is 0 Å². The first-order valence-corrected chi connectivity index (χ1v) is 8.16. The van der Waals surface area contributed by atoms with Crippen molar-refractivity contribution >= 4 is 5.91 Å². The molecule has 0 radical (unpaired) electrons. The topological polar surface area (TPSA) is 41.1 Å². The summed E-state index contributed by atoms with van der Waals surface area (Å²) in [6.45, 7) is 8.37. The Kier molecular flexibility index (Phi) is 5.80. The molecule has 1 saturated heterocycles. The van der Waals surface area contributed by atoms with Crippen molar-refractivity contribution in [3.63, 3.8) is 0 Å². The maximum absolute atomic E-state index is 12.2. The molecule has 1 unspecified atom stereocenters. The molecule has 0 aromatic heterocycles. The van der Waals surface area contributed by atoms with Crippen LogP contribution in [-0.2, 0) is 11.2 Å². The van der Waals surface area contributed by atoms with E-state index in [2.05, 4.69) is 55.7 Å². The summed E-state index contributed by atoms with van der Waals surface area (Å²) in [5.41, 5.74) is 2.54. The number of hydrogen-bond acceptors (Lipinski definition) is 2. The van der Waals surface area contributed by atoms with Gasteiger partial charge in [-0.1, -0.05) is 38.1 Å². The Balaban J connectivity index is 1.90. The molecule has 2 atom stereocenters. The third-order valence-electron chi connectivity index (χ3n) is 4.15. The number of hydrogen-bond donors (Lipinski definition) is 2. The SMILES string of the molecule is CC(C)Cc1ccc(C(C)NC(=O)[C@@H]2CCCNC2)cc1. The van der Waals surface area contributed by atoms with E-state index in [1.807, 2.05) is 0 Å². The summed E-state index contributed by atoms with van der Waals surface area (Å²) in [5.74, 6) is 0.981. The van der Waals surface area contributed by atoms with Crippen molar-refractivity contribution in [2.75, 3.05) is 13.1 Å². The number of carbonyl (C=O) groups is 1. The van der Waals surface area contributed by atoms with Crippen LogP contribution in [0.2, 0.25) is 0 Å². The van der Waals surface area contributed by atoms with Gasteiger partial charge in [-0.15, -0.1) is 0 Å². The van der Waals surface area contributed by atoms with Crippen LogP contribution in [0.3, 0.4) is 0 Å². The predicted molar refractivity (Wildman–Crippen MR) is 87.1 cm³/mol. The van der Waals surface area contributed by atoms with Crippen LogP contribution >= 0.6 is 0 Å². The third-order valence-corrected chi connectivity index (χ3v) is 4.15. The lowest BCUT2D eigenvalue weighted by Gasteiger charge is -2.24. The molecule has 1 aromatic rings. The highest BCUT2D eigenvalue weighted by Crippen LogP contribution is 2.17. The molecule has 1 aromatic carbocycles. The summed E-state index contributed by atoms with van der Waals surface area (Å²) in [4.78, 5) is 12.2. The van der Waals surface area contributed by atoms with Gasteiger partial charge in [0.2, 0.25) is 5.91 Å². The molecule has 116 valence electrons. The van der Waals surface area contributed by atoms with Crippen LogP contribution in [0, 0.1) is 11.8 Å². The summed E-state index contributed by atoms with van der Waals surface area (Å²) in [6.07, 6.45) is 3.20. The fourth-order valence-electron chi connectivity index (χ4n) is 2.90. The molecule has 1 aliphatic rings. The molecule has 2 rings (SSSR count). The fraction of sp³-hybridized carbons (Fsp3) is 0.611. The van der Waals surface area contributed by atoms with Crippen molar-refractivity contribution in [2.45, 2.75) is 46.1 Å². The van der Waals surface area contributed by atoms with Crippen molar-refractivity contribution in [3.8, 4) is 0 Å². The van der Waals surface area contributed by atoms with Gasteiger partial charge < -0.3 is 10.6 Å². The van der Waals surface area contributed by atoms with E-state index in [9.17, 15) is 4.79 Å². The normalized spacial score (nSPS) is 20.3. The van der Waals surface area contributed by atoms with Crippen LogP contribution in [0.4, 0.5) is 0 Å². The van der Waals surface area contributed by atoms with E-state index < -0.39 is 0 Å². The van der Waals surface area contributed by atoms with Gasteiger partial charge in [0.15, 0.2) is 0 Å². The Hall–Kier alpha value is -1.35. The maximum Gasteiger partial charge on any atom is 0.224 e. The van der Waals surface area contributed by atoms with Gasteiger partial charge in [0.1, 0.15) is 0 Å². The lowest BCUT2D eigenvalue weighted by Crippen LogP contribution is -2.41. The third kappa shape index (κ3) is 4.85. The number of carbonyl (C=O) groups excluding carboxylic acids is 1. The monoisotopic (exact) mass is 288 g/mol. The molecule has 2 N–H and O–H groups in total. The lowest BCUT2D eigenvalue weighted by atomic mass is 9.97. The minimum atomic E-state index is 0.0764. The molecular formula is C18H28N2O. The van der Waals surface area contributed by atoms with Crippen molar-refractivity contribution in [3.05, 3.63) is 35.4 Å². The van der Waals surface area contributed by atoms with Crippen molar-refractivity contribution < 1.29 is 4.79 Å². The quantitative estimate of drug-likeness (QED) is 0.874. The average Bonchev–Trinajstić information content (AvgIpc) is 2.48. The van der Waals surface area contributed by atoms with Crippen molar-refractivity contribution in [1.82, 2.24) is 10.6 Å². The van der Waals surface area contributed by atoms with Crippen LogP contribution in [0.1, 0.15) is 50.8 Å². The molecule has 0 saturated carbocycles. The Bertz CT molecular complexity index is 447. The van der Waals surface area contributed by atoms with Gasteiger partial charge in [-0.05, 0) is 49.8 Å². The van der Waals surface area contributed by atoms with Crippen LogP contribution in [-0.4, -0.2) is 19.0 Å². The molecule has 21 heavy (non-hydrogen) atoms. The maximum atomic E-state index is 12.2. The van der Waals surface area contributed by atoms with Gasteiger partial charge in [0.05, 0.1) is 12.0 Å². The van der Waals surface area contributed by atoms with Gasteiger partial charge in [0.25, 0.3) is 0 Å². The summed E-state index contributed by atoms with van der Waals surface area (Å²) in [6, 6.07) is 8.72. The molecule has 1 aliphatic heterocycles. The highest BCUT2D eigenvalue weighted by atomic mass is 16.1. The van der Waals surface area contributed by atoms with E-state index in [4.69, 9.17) is 0 Å². The summed E-state index contributed by atoms with van der Waals surface area (Å²) < 4.78 is 0. The number of rotatable bonds is 5. The Morgan fingerprint density at radius 2 is 2.00 bits per heavy atom. The Morgan fingerprint density at radius 1 is 1.29 bits per heavy atom. The first-order chi connectivity index (χ1) is 10.1. The zero-order valence-corrected chi connectivity index (χ0v) is 13.5. The largest absolute Gasteiger partial charge is 0.349 e. The Morgan fingerprint density at radius 3 is 2.57 bits per heavy atom. The molecule has 3 heteroatoms. The number of piperidine rings is 1. The molecule has 1 amide bonds. The van der Waals surface area contributed by atoms with Crippen LogP contribution in [0.15, 0.2) is 24.3 Å². The zero-order chi connectivity index (χ0) is 15.2. The second-order valence-corrected chi connectivity index (χ2v) is 6.61. The highest BCUT2D eigenvalue weighted by Gasteiger charge is 2.22. The first-order valence-electron chi connectivity index (χ1n) is 8.16. The number of amides is 1. The smallest absolute Gasteiger partial charge is 0.224 e. The highest BCUT2D eigenvalue weighted by molar-refractivity contribution is 5.79. The minimum absolute atomic E-state index is 0.0764. The number of benzene rings is 1. The predicted octanol–water partition coefficient (Wildman–Crippen LogP) is 3.06. The van der Waals surface area contributed by atoms with Gasteiger partial charge in [0, 0.05) is 6.54 Å². The second kappa shape index (κ2) is 7.60. The molecular weight excluding hydrogens is 260 g/mol. The van der Waals surface area contributed by atoms with E-state index in [0.29, 0.717) is 5.92 Å². The minimum Gasteiger partial charge on any atom is -0.349 e. The molecule has 3 nitrogen and oxygen atoms in total. The summed E-state index contributed by atoms with van der Waals surface area (Å²) >= 11 is 0. The number of nitrogens with one attached hydrogen (secondary N) is 2. The van der Waals surface area contributed by atoms with Gasteiger partial charge in [-0.3, -0.25) is 4.79 Å². The lowest BCUT2D eigenvalue weighted by molar-refractivity contribution is -0.126. The molecule has 1 heterocycles. The fourth-order valence-corrected chi connectivity index (χ4v) is 2.90. The van der Waals surface area contributed by atoms with E-state index in [1.54, 1.807) is 0 Å². The van der Waals surface area contributed by atoms with E-state index in [0.717, 1.165) is 32.4 Å². The van der Waals surface area contributed by atoms with Gasteiger partial charge in [-0.2, -0.15) is 0 Å². The second-order valence-electron chi connectivity index (χ2n) is 6.61. The van der Waals surface area contributed by atoms with Crippen molar-refractivity contribution in [1.29, 1.82) is 0 Å². The summed E-state index contributed by atoms with van der Waals surface area (Å²) in [5, 5.41) is 6.44.